The third kappa shape index (κ3) is 1.46. The van der Waals surface area contributed by atoms with E-state index in [9.17, 15) is 0 Å². The average molecular weight is 220 g/mol. The number of benzene rings is 1. The summed E-state index contributed by atoms with van der Waals surface area (Å²) < 4.78 is 0. The van der Waals surface area contributed by atoms with Gasteiger partial charge in [0.25, 0.3) is 0 Å². The van der Waals surface area contributed by atoms with Gasteiger partial charge in [-0.05, 0) is 24.5 Å². The monoisotopic (exact) mass is 219 g/mol. The lowest BCUT2D eigenvalue weighted by Gasteiger charge is -2.12. The molecule has 2 atom stereocenters. The normalized spacial score (nSPS) is 26.2. The second-order valence-corrected chi connectivity index (χ2v) is 4.90. The summed E-state index contributed by atoms with van der Waals surface area (Å²) in [6.07, 6.45) is 5.79. The lowest BCUT2D eigenvalue weighted by molar-refractivity contribution is 0.736. The second kappa shape index (κ2) is 3.57. The van der Waals surface area contributed by atoms with E-state index in [1.165, 1.54) is 29.3 Å². The SMILES string of the molecule is ClC1CCCC1c1c[nH]c2ccccc12. The third-order valence-corrected chi connectivity index (χ3v) is 3.97. The van der Waals surface area contributed by atoms with E-state index in [2.05, 4.69) is 35.4 Å². The summed E-state index contributed by atoms with van der Waals surface area (Å²) in [7, 11) is 0. The van der Waals surface area contributed by atoms with Gasteiger partial charge in [-0.15, -0.1) is 11.6 Å². The summed E-state index contributed by atoms with van der Waals surface area (Å²) in [6, 6.07) is 8.47. The van der Waals surface area contributed by atoms with Crippen LogP contribution < -0.4 is 0 Å². The minimum Gasteiger partial charge on any atom is -0.361 e. The predicted molar refractivity (Wildman–Crippen MR) is 64.5 cm³/mol. The molecular weight excluding hydrogens is 206 g/mol. The minimum atomic E-state index is 0.323. The first-order valence-corrected chi connectivity index (χ1v) is 6.00. The first kappa shape index (κ1) is 9.29. The highest BCUT2D eigenvalue weighted by molar-refractivity contribution is 6.21. The van der Waals surface area contributed by atoms with Crippen molar-refractivity contribution in [3.8, 4) is 0 Å². The highest BCUT2D eigenvalue weighted by Gasteiger charge is 2.28. The van der Waals surface area contributed by atoms with Crippen LogP contribution >= 0.6 is 11.6 Å². The Balaban J connectivity index is 2.10. The fraction of sp³-hybridized carbons (Fsp3) is 0.385. The molecule has 0 spiro atoms. The highest BCUT2D eigenvalue weighted by Crippen LogP contribution is 2.40. The number of hydrogen-bond acceptors (Lipinski definition) is 0. The van der Waals surface area contributed by atoms with Gasteiger partial charge in [0.05, 0.1) is 0 Å². The van der Waals surface area contributed by atoms with Gasteiger partial charge in [-0.2, -0.15) is 0 Å². The molecule has 1 nitrogen and oxygen atoms in total. The zero-order valence-corrected chi connectivity index (χ0v) is 9.30. The largest absolute Gasteiger partial charge is 0.361 e. The van der Waals surface area contributed by atoms with Crippen molar-refractivity contribution in [2.75, 3.05) is 0 Å². The van der Waals surface area contributed by atoms with Gasteiger partial charge in [-0.3, -0.25) is 0 Å². The van der Waals surface area contributed by atoms with Gasteiger partial charge in [0.2, 0.25) is 0 Å². The Bertz CT molecular complexity index is 474. The summed E-state index contributed by atoms with van der Waals surface area (Å²) in [6.45, 7) is 0. The number of halogens is 1. The maximum Gasteiger partial charge on any atom is 0.0456 e. The Morgan fingerprint density at radius 3 is 2.87 bits per heavy atom. The van der Waals surface area contributed by atoms with Crippen molar-refractivity contribution in [1.82, 2.24) is 4.98 Å². The fourth-order valence-electron chi connectivity index (χ4n) is 2.67. The Hall–Kier alpha value is -0.950. The van der Waals surface area contributed by atoms with E-state index in [4.69, 9.17) is 11.6 Å². The average Bonchev–Trinajstić information content (AvgIpc) is 2.83. The van der Waals surface area contributed by atoms with Crippen LogP contribution in [0.25, 0.3) is 10.9 Å². The molecule has 3 rings (SSSR count). The number of hydrogen-bond donors (Lipinski definition) is 1. The Morgan fingerprint density at radius 2 is 2.07 bits per heavy atom. The van der Waals surface area contributed by atoms with Crippen LogP contribution in [0.3, 0.4) is 0 Å². The van der Waals surface area contributed by atoms with E-state index in [0.29, 0.717) is 11.3 Å². The van der Waals surface area contributed by atoms with Crippen molar-refractivity contribution in [1.29, 1.82) is 0 Å². The molecule has 78 valence electrons. The third-order valence-electron chi connectivity index (χ3n) is 3.45. The molecular formula is C13H14ClN. The number of nitrogens with one attached hydrogen (secondary N) is 1. The Labute approximate surface area is 94.4 Å². The number of aromatic amines is 1. The van der Waals surface area contributed by atoms with Crippen LogP contribution in [-0.4, -0.2) is 10.4 Å². The number of aromatic nitrogens is 1. The molecule has 0 radical (unpaired) electrons. The van der Waals surface area contributed by atoms with Crippen molar-refractivity contribution < 1.29 is 0 Å². The summed E-state index contributed by atoms with van der Waals surface area (Å²) in [5.74, 6) is 0.544. The minimum absolute atomic E-state index is 0.323. The molecule has 0 saturated heterocycles. The lowest BCUT2D eigenvalue weighted by Crippen LogP contribution is -2.03. The van der Waals surface area contributed by atoms with E-state index in [-0.39, 0.29) is 0 Å². The quantitative estimate of drug-likeness (QED) is 0.697. The lowest BCUT2D eigenvalue weighted by atomic mass is 9.97. The summed E-state index contributed by atoms with van der Waals surface area (Å²) in [4.78, 5) is 3.33. The summed E-state index contributed by atoms with van der Waals surface area (Å²) in [5, 5.41) is 1.67. The number of H-pyrrole nitrogens is 1. The van der Waals surface area contributed by atoms with Crippen molar-refractivity contribution in [3.05, 3.63) is 36.0 Å². The van der Waals surface area contributed by atoms with Gasteiger partial charge in [0, 0.05) is 28.4 Å². The van der Waals surface area contributed by atoms with E-state index < -0.39 is 0 Å². The van der Waals surface area contributed by atoms with E-state index >= 15 is 0 Å². The highest BCUT2D eigenvalue weighted by atomic mass is 35.5. The molecule has 1 heterocycles. The van der Waals surface area contributed by atoms with Gasteiger partial charge in [-0.25, -0.2) is 0 Å². The van der Waals surface area contributed by atoms with Gasteiger partial charge in [0.1, 0.15) is 0 Å². The standard InChI is InChI=1S/C13H14ClN/c14-12-6-3-5-9(12)11-8-15-13-7-2-1-4-10(11)13/h1-2,4,7-9,12,15H,3,5-6H2. The molecule has 1 aromatic carbocycles. The first-order chi connectivity index (χ1) is 7.36. The number of para-hydroxylation sites is 1. The Morgan fingerprint density at radius 1 is 1.20 bits per heavy atom. The van der Waals surface area contributed by atoms with Crippen molar-refractivity contribution >= 4 is 22.5 Å². The number of fused-ring (bicyclic) bond motifs is 1. The van der Waals surface area contributed by atoms with Gasteiger partial charge in [-0.1, -0.05) is 24.6 Å². The molecule has 1 N–H and O–H groups in total. The van der Waals surface area contributed by atoms with Crippen LogP contribution in [-0.2, 0) is 0 Å². The van der Waals surface area contributed by atoms with E-state index in [1.807, 2.05) is 0 Å². The molecule has 1 saturated carbocycles. The molecule has 1 aromatic heterocycles. The van der Waals surface area contributed by atoms with Crippen LogP contribution in [0, 0.1) is 0 Å². The second-order valence-electron chi connectivity index (χ2n) is 4.34. The molecule has 0 aliphatic heterocycles. The molecule has 0 amide bonds. The smallest absolute Gasteiger partial charge is 0.0456 e. The molecule has 1 aliphatic carbocycles. The number of alkyl halides is 1. The fourth-order valence-corrected chi connectivity index (χ4v) is 3.08. The van der Waals surface area contributed by atoms with Gasteiger partial charge in [0.15, 0.2) is 0 Å². The molecule has 1 aliphatic rings. The zero-order chi connectivity index (χ0) is 10.3. The van der Waals surface area contributed by atoms with E-state index in [0.717, 1.165) is 6.42 Å². The van der Waals surface area contributed by atoms with Gasteiger partial charge >= 0.3 is 0 Å². The zero-order valence-electron chi connectivity index (χ0n) is 8.54. The maximum absolute atomic E-state index is 6.36. The summed E-state index contributed by atoms with van der Waals surface area (Å²) in [5.41, 5.74) is 2.63. The predicted octanol–water partition coefficient (Wildman–Crippen LogP) is 4.04. The van der Waals surface area contributed by atoms with Crippen LogP contribution in [0.5, 0.6) is 0 Å². The molecule has 1 fully saturated rings. The molecule has 15 heavy (non-hydrogen) atoms. The topological polar surface area (TPSA) is 15.8 Å². The van der Waals surface area contributed by atoms with Crippen LogP contribution in [0.4, 0.5) is 0 Å². The molecule has 2 heteroatoms. The van der Waals surface area contributed by atoms with Crippen molar-refractivity contribution in [2.24, 2.45) is 0 Å². The first-order valence-electron chi connectivity index (χ1n) is 5.56. The maximum atomic E-state index is 6.36. The molecule has 2 unspecified atom stereocenters. The Kier molecular flexibility index (Phi) is 2.21. The molecule has 0 bridgehead atoms. The van der Waals surface area contributed by atoms with Crippen molar-refractivity contribution in [2.45, 2.75) is 30.6 Å². The van der Waals surface area contributed by atoms with Crippen LogP contribution in [0.15, 0.2) is 30.5 Å². The van der Waals surface area contributed by atoms with Crippen LogP contribution in [0.2, 0.25) is 0 Å². The van der Waals surface area contributed by atoms with Crippen LogP contribution in [0.1, 0.15) is 30.7 Å². The molecule has 2 aromatic rings. The van der Waals surface area contributed by atoms with Gasteiger partial charge < -0.3 is 4.98 Å². The summed E-state index contributed by atoms with van der Waals surface area (Å²) >= 11 is 6.36. The number of rotatable bonds is 1. The van der Waals surface area contributed by atoms with Crippen molar-refractivity contribution in [3.63, 3.8) is 0 Å². The van der Waals surface area contributed by atoms with E-state index in [1.54, 1.807) is 0 Å².